The van der Waals surface area contributed by atoms with E-state index in [-0.39, 0.29) is 5.56 Å². The van der Waals surface area contributed by atoms with Gasteiger partial charge in [0.05, 0.1) is 6.61 Å². The van der Waals surface area contributed by atoms with E-state index in [1.54, 1.807) is 23.9 Å². The predicted octanol–water partition coefficient (Wildman–Crippen LogP) is 3.12. The van der Waals surface area contributed by atoms with E-state index in [2.05, 4.69) is 29.5 Å². The highest BCUT2D eigenvalue weighted by Gasteiger charge is 2.11. The Hall–Kier alpha value is -0.430. The molecule has 0 saturated heterocycles. The minimum Gasteiger partial charge on any atom is -0.492 e. The van der Waals surface area contributed by atoms with Gasteiger partial charge in [0.15, 0.2) is 0 Å². The molecule has 0 radical (unpaired) electrons. The molecule has 1 rings (SSSR count). The summed E-state index contributed by atoms with van der Waals surface area (Å²) in [4.78, 5) is 11.0. The Labute approximate surface area is 113 Å². The number of carboxylic acids is 1. The average molecular weight is 352 g/mol. The van der Waals surface area contributed by atoms with Gasteiger partial charge >= 0.3 is 5.97 Å². The van der Waals surface area contributed by atoms with Crippen molar-refractivity contribution in [2.75, 3.05) is 18.1 Å². The number of hydrogen-bond donors (Lipinski definition) is 1. The van der Waals surface area contributed by atoms with Gasteiger partial charge in [0.25, 0.3) is 0 Å². The van der Waals surface area contributed by atoms with Crippen LogP contribution >= 0.6 is 34.4 Å². The molecule has 0 unspecified atom stereocenters. The molecule has 16 heavy (non-hydrogen) atoms. The van der Waals surface area contributed by atoms with Crippen LogP contribution in [0.3, 0.4) is 0 Å². The topological polar surface area (TPSA) is 46.5 Å². The standard InChI is InChI=1S/C11H13IO3S/c1-2-16-6-5-15-10-4-3-8(12)7-9(10)11(13)14/h3-4,7H,2,5-6H2,1H3,(H,13,14). The lowest BCUT2D eigenvalue weighted by molar-refractivity contribution is 0.0692. The fourth-order valence-corrected chi connectivity index (χ4v) is 2.13. The van der Waals surface area contributed by atoms with Gasteiger partial charge in [-0.2, -0.15) is 11.8 Å². The third-order valence-electron chi connectivity index (χ3n) is 1.86. The van der Waals surface area contributed by atoms with Gasteiger partial charge in [-0.05, 0) is 46.5 Å². The molecule has 1 N–H and O–H groups in total. The number of rotatable bonds is 6. The molecule has 5 heteroatoms. The maximum absolute atomic E-state index is 11.0. The summed E-state index contributed by atoms with van der Waals surface area (Å²) in [6, 6.07) is 5.17. The maximum atomic E-state index is 11.0. The van der Waals surface area contributed by atoms with Crippen LogP contribution in [0.25, 0.3) is 0 Å². The molecule has 0 heterocycles. The number of hydrogen-bond acceptors (Lipinski definition) is 3. The van der Waals surface area contributed by atoms with Crippen LogP contribution in [-0.4, -0.2) is 29.2 Å². The monoisotopic (exact) mass is 352 g/mol. The van der Waals surface area contributed by atoms with Crippen LogP contribution in [0.1, 0.15) is 17.3 Å². The fraction of sp³-hybridized carbons (Fsp3) is 0.364. The van der Waals surface area contributed by atoms with Crippen LogP contribution in [0.5, 0.6) is 5.75 Å². The van der Waals surface area contributed by atoms with E-state index in [9.17, 15) is 4.79 Å². The summed E-state index contributed by atoms with van der Waals surface area (Å²) in [6.45, 7) is 2.62. The molecule has 88 valence electrons. The van der Waals surface area contributed by atoms with Gasteiger partial charge in [-0.3, -0.25) is 0 Å². The number of halogens is 1. The molecular formula is C11H13IO3S. The molecule has 1 aromatic carbocycles. The van der Waals surface area contributed by atoms with Crippen LogP contribution in [0.4, 0.5) is 0 Å². The van der Waals surface area contributed by atoms with Crippen LogP contribution in [0.15, 0.2) is 18.2 Å². The smallest absolute Gasteiger partial charge is 0.339 e. The Bertz CT molecular complexity index is 368. The van der Waals surface area contributed by atoms with Gasteiger partial charge in [-0.25, -0.2) is 4.79 Å². The minimum absolute atomic E-state index is 0.230. The summed E-state index contributed by atoms with van der Waals surface area (Å²) in [5, 5.41) is 9.00. The Balaban J connectivity index is 2.67. The first kappa shape index (κ1) is 13.6. The van der Waals surface area contributed by atoms with Gasteiger partial charge in [0.1, 0.15) is 11.3 Å². The fourth-order valence-electron chi connectivity index (χ4n) is 1.15. The number of benzene rings is 1. The van der Waals surface area contributed by atoms with Gasteiger partial charge in [0, 0.05) is 9.32 Å². The third-order valence-corrected chi connectivity index (χ3v) is 3.40. The first-order valence-corrected chi connectivity index (χ1v) is 7.12. The van der Waals surface area contributed by atoms with Gasteiger partial charge in [-0.15, -0.1) is 0 Å². The van der Waals surface area contributed by atoms with Gasteiger partial charge in [0.2, 0.25) is 0 Å². The summed E-state index contributed by atoms with van der Waals surface area (Å²) in [6.07, 6.45) is 0. The molecule has 0 aliphatic heterocycles. The maximum Gasteiger partial charge on any atom is 0.339 e. The van der Waals surface area contributed by atoms with E-state index >= 15 is 0 Å². The molecule has 3 nitrogen and oxygen atoms in total. The number of aromatic carboxylic acids is 1. The van der Waals surface area contributed by atoms with Crippen molar-refractivity contribution in [2.24, 2.45) is 0 Å². The number of carboxylic acid groups (broad SMARTS) is 1. The summed E-state index contributed by atoms with van der Waals surface area (Å²) >= 11 is 3.85. The summed E-state index contributed by atoms with van der Waals surface area (Å²) in [5.74, 6) is 1.42. The lowest BCUT2D eigenvalue weighted by Crippen LogP contribution is -2.06. The summed E-state index contributed by atoms with van der Waals surface area (Å²) < 4.78 is 6.34. The van der Waals surface area contributed by atoms with E-state index in [0.717, 1.165) is 15.1 Å². The predicted molar refractivity (Wildman–Crippen MR) is 74.6 cm³/mol. The van der Waals surface area contributed by atoms with Crippen LogP contribution in [0.2, 0.25) is 0 Å². The number of ether oxygens (including phenoxy) is 1. The Morgan fingerprint density at radius 1 is 1.56 bits per heavy atom. The molecule has 0 aromatic heterocycles. The summed E-state index contributed by atoms with van der Waals surface area (Å²) in [5.41, 5.74) is 0.230. The molecule has 0 bridgehead atoms. The lowest BCUT2D eigenvalue weighted by Gasteiger charge is -2.08. The largest absolute Gasteiger partial charge is 0.492 e. The van der Waals surface area contributed by atoms with Gasteiger partial charge < -0.3 is 9.84 Å². The molecule has 0 atom stereocenters. The highest BCUT2D eigenvalue weighted by molar-refractivity contribution is 14.1. The molecule has 0 aliphatic rings. The van der Waals surface area contributed by atoms with E-state index in [4.69, 9.17) is 9.84 Å². The third kappa shape index (κ3) is 4.21. The van der Waals surface area contributed by atoms with E-state index < -0.39 is 5.97 Å². The number of thioether (sulfide) groups is 1. The minimum atomic E-state index is -0.948. The first-order valence-electron chi connectivity index (χ1n) is 4.88. The van der Waals surface area contributed by atoms with Crippen molar-refractivity contribution in [2.45, 2.75) is 6.92 Å². The highest BCUT2D eigenvalue weighted by Crippen LogP contribution is 2.21. The second kappa shape index (κ2) is 7.01. The van der Waals surface area contributed by atoms with Crippen LogP contribution < -0.4 is 4.74 Å². The van der Waals surface area contributed by atoms with Crippen molar-refractivity contribution in [3.63, 3.8) is 0 Å². The molecule has 0 saturated carbocycles. The van der Waals surface area contributed by atoms with E-state index in [1.165, 1.54) is 0 Å². The zero-order valence-electron chi connectivity index (χ0n) is 8.90. The molecule has 0 aliphatic carbocycles. The Kier molecular flexibility index (Phi) is 5.97. The van der Waals surface area contributed by atoms with Crippen molar-refractivity contribution in [1.29, 1.82) is 0 Å². The second-order valence-corrected chi connectivity index (χ2v) is 5.63. The molecule has 1 aromatic rings. The molecule has 0 amide bonds. The molecule has 0 fully saturated rings. The van der Waals surface area contributed by atoms with Crippen LogP contribution in [0, 0.1) is 3.57 Å². The van der Waals surface area contributed by atoms with E-state index in [0.29, 0.717) is 12.4 Å². The summed E-state index contributed by atoms with van der Waals surface area (Å²) in [7, 11) is 0. The first-order chi connectivity index (χ1) is 7.65. The van der Waals surface area contributed by atoms with Crippen molar-refractivity contribution < 1.29 is 14.6 Å². The van der Waals surface area contributed by atoms with Gasteiger partial charge in [-0.1, -0.05) is 6.92 Å². The highest BCUT2D eigenvalue weighted by atomic mass is 127. The van der Waals surface area contributed by atoms with Crippen molar-refractivity contribution >= 4 is 40.3 Å². The molecular weight excluding hydrogens is 339 g/mol. The second-order valence-electron chi connectivity index (χ2n) is 2.99. The average Bonchev–Trinajstić information content (AvgIpc) is 2.26. The zero-order valence-corrected chi connectivity index (χ0v) is 11.9. The molecule has 0 spiro atoms. The zero-order chi connectivity index (χ0) is 12.0. The Morgan fingerprint density at radius 2 is 2.31 bits per heavy atom. The Morgan fingerprint density at radius 3 is 2.94 bits per heavy atom. The van der Waals surface area contributed by atoms with Crippen molar-refractivity contribution in [1.82, 2.24) is 0 Å². The quantitative estimate of drug-likeness (QED) is 0.631. The van der Waals surface area contributed by atoms with E-state index in [1.807, 2.05) is 6.07 Å². The van der Waals surface area contributed by atoms with Crippen molar-refractivity contribution in [3.05, 3.63) is 27.3 Å². The lowest BCUT2D eigenvalue weighted by atomic mass is 10.2. The SMILES string of the molecule is CCSCCOc1ccc(I)cc1C(=O)O. The number of carbonyl (C=O) groups is 1. The normalized spacial score (nSPS) is 10.1. The van der Waals surface area contributed by atoms with Crippen LogP contribution in [-0.2, 0) is 0 Å². The van der Waals surface area contributed by atoms with Crippen molar-refractivity contribution in [3.8, 4) is 5.75 Å².